The number of nitrogens with one attached hydrogen (secondary N) is 2. The average Bonchev–Trinajstić information content (AvgIpc) is 2.98. The predicted molar refractivity (Wildman–Crippen MR) is 119 cm³/mol. The highest BCUT2D eigenvalue weighted by Crippen LogP contribution is 2.22. The molecule has 0 aromatic heterocycles. The Labute approximate surface area is 186 Å². The molecule has 32 heavy (non-hydrogen) atoms. The van der Waals surface area contributed by atoms with Gasteiger partial charge in [0.15, 0.2) is 0 Å². The summed E-state index contributed by atoms with van der Waals surface area (Å²) in [5.74, 6) is -1.44. The van der Waals surface area contributed by atoms with E-state index in [4.69, 9.17) is 0 Å². The van der Waals surface area contributed by atoms with Gasteiger partial charge in [-0.2, -0.15) is 5.01 Å². The number of imide groups is 1. The molecule has 0 aliphatic carbocycles. The monoisotopic (exact) mass is 438 g/mol. The van der Waals surface area contributed by atoms with E-state index in [9.17, 15) is 18.8 Å². The van der Waals surface area contributed by atoms with Gasteiger partial charge in [0.1, 0.15) is 11.4 Å². The molecule has 0 radical (unpaired) electrons. The normalized spacial score (nSPS) is 18.0. The van der Waals surface area contributed by atoms with Crippen LogP contribution in [-0.4, -0.2) is 46.4 Å². The number of rotatable bonds is 10. The number of carbonyl (C=O) groups excluding carboxylic acids is 3. The molecule has 1 atom stereocenters. The van der Waals surface area contributed by atoms with E-state index in [1.54, 1.807) is 36.1 Å². The van der Waals surface area contributed by atoms with Crippen LogP contribution in [0.4, 0.5) is 9.18 Å². The van der Waals surface area contributed by atoms with Crippen LogP contribution in [0.3, 0.4) is 0 Å². The number of amides is 4. The van der Waals surface area contributed by atoms with Gasteiger partial charge >= 0.3 is 6.03 Å². The summed E-state index contributed by atoms with van der Waals surface area (Å²) >= 11 is 0. The van der Waals surface area contributed by atoms with Crippen LogP contribution in [0.15, 0.2) is 67.3 Å². The fourth-order valence-electron chi connectivity index (χ4n) is 3.59. The Bertz CT molecular complexity index is 998. The Balaban J connectivity index is 1.60. The van der Waals surface area contributed by atoms with E-state index in [1.165, 1.54) is 6.07 Å². The number of urea groups is 1. The van der Waals surface area contributed by atoms with Crippen molar-refractivity contribution in [3.63, 3.8) is 0 Å². The van der Waals surface area contributed by atoms with E-state index in [0.29, 0.717) is 24.9 Å². The Kier molecular flexibility index (Phi) is 7.37. The maximum Gasteiger partial charge on any atom is 0.344 e. The summed E-state index contributed by atoms with van der Waals surface area (Å²) in [5, 5.41) is 3.40. The number of hydrogen-bond acceptors (Lipinski definition) is 4. The minimum atomic E-state index is -1.12. The highest BCUT2D eigenvalue weighted by atomic mass is 19.1. The smallest absolute Gasteiger partial charge is 0.322 e. The van der Waals surface area contributed by atoms with Crippen LogP contribution in [0.1, 0.15) is 24.5 Å². The van der Waals surface area contributed by atoms with Crippen molar-refractivity contribution in [1.29, 1.82) is 0 Å². The van der Waals surface area contributed by atoms with Crippen molar-refractivity contribution in [2.75, 3.05) is 13.1 Å². The van der Waals surface area contributed by atoms with Crippen molar-refractivity contribution >= 4 is 17.8 Å². The molecule has 1 saturated heterocycles. The maximum atomic E-state index is 14.0. The molecular formula is C24H27FN4O3. The third-order valence-electron chi connectivity index (χ3n) is 5.36. The summed E-state index contributed by atoms with van der Waals surface area (Å²) in [4.78, 5) is 39.5. The van der Waals surface area contributed by atoms with Gasteiger partial charge in [-0.3, -0.25) is 19.9 Å². The van der Waals surface area contributed by atoms with Crippen molar-refractivity contribution in [1.82, 2.24) is 20.7 Å². The summed E-state index contributed by atoms with van der Waals surface area (Å²) < 4.78 is 14.0. The molecule has 168 valence electrons. The maximum absolute atomic E-state index is 14.0. The van der Waals surface area contributed by atoms with Crippen molar-refractivity contribution in [3.05, 3.63) is 84.2 Å². The lowest BCUT2D eigenvalue weighted by atomic mass is 9.93. The van der Waals surface area contributed by atoms with Gasteiger partial charge in [0, 0.05) is 18.7 Å². The topological polar surface area (TPSA) is 81.8 Å². The molecule has 0 saturated carbocycles. The molecule has 1 aliphatic heterocycles. The predicted octanol–water partition coefficient (Wildman–Crippen LogP) is 2.79. The summed E-state index contributed by atoms with van der Waals surface area (Å²) in [6.45, 7) is 5.68. The summed E-state index contributed by atoms with van der Waals surface area (Å²) in [5.41, 5.74) is 2.75. The number of carbonyl (C=O) groups is 3. The molecule has 3 rings (SSSR count). The van der Waals surface area contributed by atoms with Crippen LogP contribution >= 0.6 is 0 Å². The average molecular weight is 439 g/mol. The lowest BCUT2D eigenvalue weighted by Crippen LogP contribution is -2.51. The SMILES string of the molecule is C=CCN(CC(=O)NN1C(=O)NC(C)(CCc2ccccc2)C1=O)Cc1ccccc1F. The number of hydrazine groups is 1. The third-order valence-corrected chi connectivity index (χ3v) is 5.36. The summed E-state index contributed by atoms with van der Waals surface area (Å²) in [6, 6.07) is 15.3. The van der Waals surface area contributed by atoms with Crippen LogP contribution in [0, 0.1) is 5.82 Å². The molecular weight excluding hydrogens is 411 g/mol. The molecule has 7 nitrogen and oxygen atoms in total. The van der Waals surface area contributed by atoms with Crippen molar-refractivity contribution < 1.29 is 18.8 Å². The van der Waals surface area contributed by atoms with Crippen molar-refractivity contribution in [2.45, 2.75) is 31.8 Å². The van der Waals surface area contributed by atoms with E-state index in [-0.39, 0.29) is 18.9 Å². The first-order valence-corrected chi connectivity index (χ1v) is 10.4. The summed E-state index contributed by atoms with van der Waals surface area (Å²) in [7, 11) is 0. The molecule has 0 bridgehead atoms. The molecule has 0 spiro atoms. The Hall–Kier alpha value is -3.52. The Morgan fingerprint density at radius 1 is 1.19 bits per heavy atom. The molecule has 4 amide bonds. The molecule has 1 heterocycles. The molecule has 1 aliphatic rings. The van der Waals surface area contributed by atoms with Gasteiger partial charge in [0.05, 0.1) is 6.54 Å². The van der Waals surface area contributed by atoms with Gasteiger partial charge in [0.2, 0.25) is 0 Å². The van der Waals surface area contributed by atoms with Crippen LogP contribution in [0.2, 0.25) is 0 Å². The second-order valence-electron chi connectivity index (χ2n) is 7.97. The van der Waals surface area contributed by atoms with Crippen LogP contribution in [-0.2, 0) is 22.6 Å². The largest absolute Gasteiger partial charge is 0.344 e. The number of nitrogens with zero attached hydrogens (tertiary/aromatic N) is 2. The molecule has 2 aromatic rings. The minimum Gasteiger partial charge on any atom is -0.322 e. The van der Waals surface area contributed by atoms with Gasteiger partial charge < -0.3 is 5.32 Å². The molecule has 1 fully saturated rings. The van der Waals surface area contributed by atoms with Gasteiger partial charge in [-0.15, -0.1) is 6.58 Å². The first kappa shape index (κ1) is 23.1. The highest BCUT2D eigenvalue weighted by molar-refractivity contribution is 6.07. The fourth-order valence-corrected chi connectivity index (χ4v) is 3.59. The van der Waals surface area contributed by atoms with E-state index in [0.717, 1.165) is 10.6 Å². The van der Waals surface area contributed by atoms with Crippen LogP contribution in [0.25, 0.3) is 0 Å². The van der Waals surface area contributed by atoms with Gasteiger partial charge in [-0.05, 0) is 31.4 Å². The zero-order valence-electron chi connectivity index (χ0n) is 18.0. The zero-order valence-corrected chi connectivity index (χ0v) is 18.0. The second-order valence-corrected chi connectivity index (χ2v) is 7.97. The van der Waals surface area contributed by atoms with E-state index >= 15 is 0 Å². The van der Waals surface area contributed by atoms with E-state index < -0.39 is 23.4 Å². The van der Waals surface area contributed by atoms with E-state index in [1.807, 2.05) is 30.3 Å². The molecule has 2 N–H and O–H groups in total. The zero-order chi connectivity index (χ0) is 23.1. The quantitative estimate of drug-likeness (QED) is 0.442. The lowest BCUT2D eigenvalue weighted by molar-refractivity contribution is -0.139. The third kappa shape index (κ3) is 5.59. The molecule has 2 aromatic carbocycles. The minimum absolute atomic E-state index is 0.141. The Morgan fingerprint density at radius 2 is 1.88 bits per heavy atom. The second kappa shape index (κ2) is 10.2. The number of aryl methyl sites for hydroxylation is 1. The molecule has 8 heteroatoms. The summed E-state index contributed by atoms with van der Waals surface area (Å²) in [6.07, 6.45) is 2.59. The first-order chi connectivity index (χ1) is 15.3. The standard InChI is InChI=1S/C24H27FN4O3/c1-3-15-28(16-19-11-7-8-12-20(19)25)17-21(30)27-29-22(31)24(2,26-23(29)32)14-13-18-9-5-4-6-10-18/h3-12H,1,13-17H2,2H3,(H,26,32)(H,27,30). The number of benzene rings is 2. The number of halogens is 1. The van der Waals surface area contributed by atoms with E-state index in [2.05, 4.69) is 17.3 Å². The van der Waals surface area contributed by atoms with Crippen LogP contribution in [0.5, 0.6) is 0 Å². The van der Waals surface area contributed by atoms with Gasteiger partial charge in [-0.1, -0.05) is 54.6 Å². The lowest BCUT2D eigenvalue weighted by Gasteiger charge is -2.23. The van der Waals surface area contributed by atoms with Crippen molar-refractivity contribution in [3.8, 4) is 0 Å². The van der Waals surface area contributed by atoms with Gasteiger partial charge in [-0.25, -0.2) is 9.18 Å². The molecule has 1 unspecified atom stereocenters. The van der Waals surface area contributed by atoms with Gasteiger partial charge in [0.25, 0.3) is 11.8 Å². The fraction of sp³-hybridized carbons (Fsp3) is 0.292. The first-order valence-electron chi connectivity index (χ1n) is 10.4. The van der Waals surface area contributed by atoms with Crippen LogP contribution < -0.4 is 10.7 Å². The number of hydrogen-bond donors (Lipinski definition) is 2. The Morgan fingerprint density at radius 3 is 2.56 bits per heavy atom. The van der Waals surface area contributed by atoms with Crippen molar-refractivity contribution in [2.24, 2.45) is 0 Å². The highest BCUT2D eigenvalue weighted by Gasteiger charge is 2.48.